The maximum absolute atomic E-state index is 9.68. The summed E-state index contributed by atoms with van der Waals surface area (Å²) in [5.41, 5.74) is -1.80. The number of halogens is 1. The van der Waals surface area contributed by atoms with Gasteiger partial charge in [0.05, 0.1) is 31.5 Å². The molecule has 32 heavy (non-hydrogen) atoms. The molecule has 0 amide bonds. The fourth-order valence-corrected chi connectivity index (χ4v) is 7.27. The van der Waals surface area contributed by atoms with Crippen LogP contribution >= 0.6 is 15.9 Å². The molecule has 0 spiro atoms. The highest BCUT2D eigenvalue weighted by Crippen LogP contribution is 2.20. The van der Waals surface area contributed by atoms with Crippen LogP contribution in [0.2, 0.25) is 0 Å². The van der Waals surface area contributed by atoms with Crippen LogP contribution in [0.4, 0.5) is 0 Å². The van der Waals surface area contributed by atoms with E-state index in [1.54, 1.807) is 0 Å². The van der Waals surface area contributed by atoms with Gasteiger partial charge in [-0.1, -0.05) is 143 Å². The molecule has 5 rings (SSSR count). The molecule has 2 heteroatoms. The second kappa shape index (κ2) is 9.11. The van der Waals surface area contributed by atoms with Crippen LogP contribution in [0.5, 0.6) is 0 Å². The van der Waals surface area contributed by atoms with Gasteiger partial charge in [0.15, 0.2) is 8.07 Å². The predicted octanol–water partition coefficient (Wildman–Crippen LogP) is 5.49. The van der Waals surface area contributed by atoms with E-state index in [-0.39, 0.29) is 0 Å². The zero-order valence-corrected chi connectivity index (χ0v) is 18.5. The molecule has 0 unspecified atom stereocenters. The minimum absolute atomic E-state index is 0.563. The molecule has 0 fully saturated rings. The van der Waals surface area contributed by atoms with Gasteiger partial charge in [-0.15, -0.1) is 0 Å². The first kappa shape index (κ1) is 7.15. The van der Waals surface area contributed by atoms with Crippen LogP contribution in [0.3, 0.4) is 0 Å². The minimum Gasteiger partial charge on any atom is -0.0623 e. The van der Waals surface area contributed by atoms with Gasteiger partial charge >= 0.3 is 0 Å². The SMILES string of the molecule is [2H]c1c([2H])c([2H])c(-c2c([2H])c([2H])c([2H])c([Si](c3c([2H])c([2H])c([2H])c([2H])c3[2H])(c3c([2H])c([2H])c([2H])c([2H])c3[2H])c3c([2H])c([2H])c([2H])c(Br)c3[2H])c2[2H])c([2H])c1[2H]. The van der Waals surface area contributed by atoms with Crippen molar-refractivity contribution in [2.75, 3.05) is 0 Å². The topological polar surface area (TPSA) is 0 Å². The highest BCUT2D eigenvalue weighted by molar-refractivity contribution is 9.10. The van der Waals surface area contributed by atoms with E-state index in [2.05, 4.69) is 15.9 Å². The second-order valence-corrected chi connectivity index (χ2v) is 10.5. The maximum Gasteiger partial charge on any atom is 0.179 e. The summed E-state index contributed by atoms with van der Waals surface area (Å²) in [6, 6.07) is -24.2. The highest BCUT2D eigenvalue weighted by atomic mass is 79.9. The standard InChI is InChI=1S/C30H23BrSi/c31-26-15-11-21-30(23-26)32(27-16-6-2-7-17-27,28-18-8-3-9-19-28)29-20-10-14-25(22-29)24-12-4-1-5-13-24/h1-23H/i1D,2D,3D,4D,5D,6D,7D,8D,9D,10D,11D,12D,13D,14D,15D,16D,17D,18D,19D,20D,21D,22D,23D. The predicted molar refractivity (Wildman–Crippen MR) is 143 cm³/mol. The first-order chi connectivity index (χ1) is 25.3. The summed E-state index contributed by atoms with van der Waals surface area (Å²) in [7, 11) is -6.04. The Bertz CT molecular complexity index is 2270. The molecular weight excluding hydrogens is 468 g/mol. The Kier molecular flexibility index (Phi) is 2.04. The molecular formula is C30H23BrSi. The Balaban J connectivity index is 2.39. The maximum atomic E-state index is 9.68. The minimum atomic E-state index is -6.04. The summed E-state index contributed by atoms with van der Waals surface area (Å²) in [4.78, 5) is 0. The van der Waals surface area contributed by atoms with Crippen molar-refractivity contribution in [1.29, 1.82) is 0 Å². The average molecular weight is 515 g/mol. The van der Waals surface area contributed by atoms with Crippen molar-refractivity contribution >= 4 is 44.8 Å². The first-order valence-electron chi connectivity index (χ1n) is 20.4. The van der Waals surface area contributed by atoms with E-state index in [1.807, 2.05) is 0 Å². The molecule has 0 saturated heterocycles. The van der Waals surface area contributed by atoms with Crippen LogP contribution in [0.1, 0.15) is 31.5 Å². The van der Waals surface area contributed by atoms with Crippen molar-refractivity contribution in [1.82, 2.24) is 0 Å². The Hall–Kier alpha value is -3.20. The van der Waals surface area contributed by atoms with Gasteiger partial charge < -0.3 is 0 Å². The molecule has 5 aromatic rings. The summed E-state index contributed by atoms with van der Waals surface area (Å²) in [5, 5.41) is -3.98. The zero-order chi connectivity index (χ0) is 41.8. The van der Waals surface area contributed by atoms with E-state index in [4.69, 9.17) is 20.6 Å². The van der Waals surface area contributed by atoms with Crippen LogP contribution in [0.25, 0.3) is 11.1 Å². The third-order valence-corrected chi connectivity index (χ3v) is 8.87. The molecule has 5 aromatic carbocycles. The smallest absolute Gasteiger partial charge is 0.0623 e. The van der Waals surface area contributed by atoms with E-state index >= 15 is 0 Å². The van der Waals surface area contributed by atoms with E-state index in [1.165, 1.54) is 0 Å². The summed E-state index contributed by atoms with van der Waals surface area (Å²) in [6.07, 6.45) is 0. The van der Waals surface area contributed by atoms with Gasteiger partial charge in [0, 0.05) is 4.47 Å². The Morgan fingerprint density at radius 3 is 1.47 bits per heavy atom. The van der Waals surface area contributed by atoms with Crippen LogP contribution in [0, 0.1) is 0 Å². The fraction of sp³-hybridized carbons (Fsp3) is 0. The van der Waals surface area contributed by atoms with Gasteiger partial charge in [-0.2, -0.15) is 0 Å². The number of rotatable bonds is 5. The molecule has 0 aliphatic carbocycles. The molecule has 0 radical (unpaired) electrons. The van der Waals surface area contributed by atoms with Gasteiger partial charge in [0.25, 0.3) is 0 Å². The molecule has 0 atom stereocenters. The van der Waals surface area contributed by atoms with E-state index in [0.29, 0.717) is 0 Å². The van der Waals surface area contributed by atoms with Gasteiger partial charge in [-0.3, -0.25) is 0 Å². The van der Waals surface area contributed by atoms with Crippen LogP contribution in [0.15, 0.2) is 143 Å². The fourth-order valence-electron chi connectivity index (χ4n) is 3.16. The van der Waals surface area contributed by atoms with Crippen molar-refractivity contribution < 1.29 is 31.5 Å². The van der Waals surface area contributed by atoms with Gasteiger partial charge in [-0.05, 0) is 44.0 Å². The van der Waals surface area contributed by atoms with Gasteiger partial charge in [0.2, 0.25) is 0 Å². The molecule has 0 N–H and O–H groups in total. The Morgan fingerprint density at radius 2 is 0.875 bits per heavy atom. The van der Waals surface area contributed by atoms with Crippen LogP contribution in [-0.2, 0) is 0 Å². The molecule has 0 nitrogen and oxygen atoms in total. The average Bonchev–Trinajstić information content (AvgIpc) is 3.15. The summed E-state index contributed by atoms with van der Waals surface area (Å²) >= 11 is 3.01. The van der Waals surface area contributed by atoms with E-state index < -0.39 is 183 Å². The molecule has 0 saturated carbocycles. The summed E-state index contributed by atoms with van der Waals surface area (Å²) in [6.45, 7) is 0. The molecule has 0 aliphatic rings. The van der Waals surface area contributed by atoms with Crippen molar-refractivity contribution in [2.45, 2.75) is 0 Å². The van der Waals surface area contributed by atoms with Crippen molar-refractivity contribution in [3.63, 3.8) is 0 Å². The lowest BCUT2D eigenvalue weighted by atomic mass is 10.1. The lowest BCUT2D eigenvalue weighted by Gasteiger charge is -2.34. The monoisotopic (exact) mass is 513 g/mol. The van der Waals surface area contributed by atoms with Crippen LogP contribution in [-0.4, -0.2) is 8.07 Å². The van der Waals surface area contributed by atoms with E-state index in [0.717, 1.165) is 0 Å². The number of hydrogen-bond donors (Lipinski definition) is 0. The Morgan fingerprint density at radius 1 is 0.438 bits per heavy atom. The first-order valence-corrected chi connectivity index (χ1v) is 11.7. The number of benzene rings is 5. The van der Waals surface area contributed by atoms with Gasteiger partial charge in [0.1, 0.15) is 0 Å². The van der Waals surface area contributed by atoms with Crippen LogP contribution < -0.4 is 20.7 Å². The highest BCUT2D eigenvalue weighted by Gasteiger charge is 2.41. The van der Waals surface area contributed by atoms with Gasteiger partial charge in [-0.25, -0.2) is 0 Å². The van der Waals surface area contributed by atoms with Crippen molar-refractivity contribution in [3.8, 4) is 11.1 Å². The third kappa shape index (κ3) is 3.77. The molecule has 0 bridgehead atoms. The Labute approximate surface area is 231 Å². The van der Waals surface area contributed by atoms with E-state index in [9.17, 15) is 11.0 Å². The number of hydrogen-bond acceptors (Lipinski definition) is 0. The van der Waals surface area contributed by atoms with Crippen molar-refractivity contribution in [3.05, 3.63) is 143 Å². The zero-order valence-electron chi connectivity index (χ0n) is 38.9. The molecule has 0 aliphatic heterocycles. The lowest BCUT2D eigenvalue weighted by Crippen LogP contribution is -2.74. The molecule has 0 heterocycles. The normalized spacial score (nSPS) is 21.3. The second-order valence-electron chi connectivity index (χ2n) is 6.19. The molecule has 154 valence electrons. The quantitative estimate of drug-likeness (QED) is 0.215. The lowest BCUT2D eigenvalue weighted by molar-refractivity contribution is 1.62. The van der Waals surface area contributed by atoms with Crippen molar-refractivity contribution in [2.24, 2.45) is 0 Å². The summed E-state index contributed by atoms with van der Waals surface area (Å²) < 4.78 is 201. The third-order valence-electron chi connectivity index (χ3n) is 4.47. The summed E-state index contributed by atoms with van der Waals surface area (Å²) in [5.74, 6) is 0. The largest absolute Gasteiger partial charge is 0.179 e. The molecule has 0 aromatic heterocycles.